The number of rotatable bonds is 4. The highest BCUT2D eigenvalue weighted by Gasteiger charge is 2.26. The van der Waals surface area contributed by atoms with Gasteiger partial charge in [0.2, 0.25) is 11.7 Å². The largest absolute Gasteiger partial charge is 0.338 e. The summed E-state index contributed by atoms with van der Waals surface area (Å²) in [5.74, 6) is 1.19. The molecule has 0 radical (unpaired) electrons. The predicted molar refractivity (Wildman–Crippen MR) is 105 cm³/mol. The van der Waals surface area contributed by atoms with Gasteiger partial charge in [0, 0.05) is 31.6 Å². The number of aromatic amines is 1. The molecule has 0 aliphatic carbocycles. The fourth-order valence-electron chi connectivity index (χ4n) is 3.40. The lowest BCUT2D eigenvalue weighted by Crippen LogP contribution is -2.48. The molecule has 1 aliphatic rings. The molecule has 9 heteroatoms. The van der Waals surface area contributed by atoms with Crippen molar-refractivity contribution in [3.63, 3.8) is 0 Å². The molecule has 0 unspecified atom stereocenters. The molecule has 1 N–H and O–H groups in total. The van der Waals surface area contributed by atoms with E-state index in [4.69, 9.17) is 4.52 Å². The number of thiophene rings is 1. The summed E-state index contributed by atoms with van der Waals surface area (Å²) in [5, 5.41) is 14.1. The SMILES string of the molecule is O=C(c1n[nH]c2ccccc12)N1CCN(Cc2nc(-c3cccs3)no2)CC1. The lowest BCUT2D eigenvalue weighted by molar-refractivity contribution is 0.0611. The molecule has 1 aromatic carbocycles. The predicted octanol–water partition coefficient (Wildman–Crippen LogP) is 2.63. The van der Waals surface area contributed by atoms with Gasteiger partial charge in [-0.05, 0) is 17.5 Å². The monoisotopic (exact) mass is 394 g/mol. The van der Waals surface area contributed by atoms with E-state index >= 15 is 0 Å². The summed E-state index contributed by atoms with van der Waals surface area (Å²) in [6.45, 7) is 3.39. The maximum atomic E-state index is 12.9. The Morgan fingerprint density at radius 2 is 2.00 bits per heavy atom. The van der Waals surface area contributed by atoms with Gasteiger partial charge in [0.15, 0.2) is 5.69 Å². The normalized spacial score (nSPS) is 15.4. The zero-order valence-corrected chi connectivity index (χ0v) is 15.9. The third-order valence-corrected chi connectivity index (χ3v) is 5.77. The maximum Gasteiger partial charge on any atom is 0.275 e. The van der Waals surface area contributed by atoms with E-state index in [1.54, 1.807) is 11.3 Å². The molecule has 28 heavy (non-hydrogen) atoms. The van der Waals surface area contributed by atoms with Crippen LogP contribution < -0.4 is 0 Å². The summed E-state index contributed by atoms with van der Waals surface area (Å²) in [6, 6.07) is 11.6. The van der Waals surface area contributed by atoms with Gasteiger partial charge in [-0.15, -0.1) is 11.3 Å². The summed E-state index contributed by atoms with van der Waals surface area (Å²) in [6.07, 6.45) is 0. The number of carbonyl (C=O) groups is 1. The second-order valence-electron chi connectivity index (χ2n) is 6.68. The molecule has 1 fully saturated rings. The van der Waals surface area contributed by atoms with Crippen LogP contribution >= 0.6 is 11.3 Å². The first kappa shape index (κ1) is 17.1. The molecular weight excluding hydrogens is 376 g/mol. The third kappa shape index (κ3) is 3.19. The molecule has 1 aliphatic heterocycles. The highest BCUT2D eigenvalue weighted by Crippen LogP contribution is 2.22. The van der Waals surface area contributed by atoms with Gasteiger partial charge in [-0.3, -0.25) is 14.8 Å². The lowest BCUT2D eigenvalue weighted by Gasteiger charge is -2.33. The first-order valence-corrected chi connectivity index (χ1v) is 9.97. The van der Waals surface area contributed by atoms with E-state index in [0.29, 0.717) is 37.0 Å². The fourth-order valence-corrected chi connectivity index (χ4v) is 4.05. The second-order valence-corrected chi connectivity index (χ2v) is 7.62. The highest BCUT2D eigenvalue weighted by molar-refractivity contribution is 7.13. The Bertz CT molecular complexity index is 1090. The number of nitrogens with zero attached hydrogens (tertiary/aromatic N) is 5. The number of hydrogen-bond donors (Lipinski definition) is 1. The van der Waals surface area contributed by atoms with E-state index in [-0.39, 0.29) is 5.91 Å². The van der Waals surface area contributed by atoms with Gasteiger partial charge < -0.3 is 9.42 Å². The van der Waals surface area contributed by atoms with Gasteiger partial charge in [-0.25, -0.2) is 0 Å². The number of para-hydroxylation sites is 1. The minimum Gasteiger partial charge on any atom is -0.338 e. The quantitative estimate of drug-likeness (QED) is 0.572. The molecule has 8 nitrogen and oxygen atoms in total. The molecule has 0 spiro atoms. The standard InChI is InChI=1S/C19H18N6O2S/c26-19(17-13-4-1-2-5-14(13)21-22-17)25-9-7-24(8-10-25)12-16-20-18(23-27-16)15-6-3-11-28-15/h1-6,11H,7-10,12H2,(H,21,22). The third-order valence-electron chi connectivity index (χ3n) is 4.90. The number of hydrogen-bond acceptors (Lipinski definition) is 7. The zero-order valence-electron chi connectivity index (χ0n) is 15.0. The van der Waals surface area contributed by atoms with E-state index in [0.717, 1.165) is 28.9 Å². The average Bonchev–Trinajstić information content (AvgIpc) is 3.48. The summed E-state index contributed by atoms with van der Waals surface area (Å²) in [5.41, 5.74) is 1.36. The molecule has 0 saturated carbocycles. The molecule has 5 rings (SSSR count). The highest BCUT2D eigenvalue weighted by atomic mass is 32.1. The molecule has 142 valence electrons. The minimum absolute atomic E-state index is 0.0325. The smallest absolute Gasteiger partial charge is 0.275 e. The van der Waals surface area contributed by atoms with Crippen LogP contribution in [0.3, 0.4) is 0 Å². The Kier molecular flexibility index (Phi) is 4.38. The summed E-state index contributed by atoms with van der Waals surface area (Å²) in [4.78, 5) is 22.4. The Morgan fingerprint density at radius 3 is 2.82 bits per heavy atom. The van der Waals surface area contributed by atoms with Crippen molar-refractivity contribution >= 4 is 28.1 Å². The number of carbonyl (C=O) groups excluding carboxylic acids is 1. The van der Waals surface area contributed by atoms with Crippen LogP contribution in [0.5, 0.6) is 0 Å². The lowest BCUT2D eigenvalue weighted by atomic mass is 10.2. The maximum absolute atomic E-state index is 12.9. The van der Waals surface area contributed by atoms with Gasteiger partial charge in [0.05, 0.1) is 16.9 Å². The van der Waals surface area contributed by atoms with Crippen molar-refractivity contribution in [2.45, 2.75) is 6.54 Å². The van der Waals surface area contributed by atoms with E-state index in [2.05, 4.69) is 25.2 Å². The first-order valence-electron chi connectivity index (χ1n) is 9.09. The van der Waals surface area contributed by atoms with Crippen molar-refractivity contribution < 1.29 is 9.32 Å². The van der Waals surface area contributed by atoms with Crippen molar-refractivity contribution in [3.8, 4) is 10.7 Å². The van der Waals surface area contributed by atoms with E-state index in [1.165, 1.54) is 0 Å². The molecule has 0 bridgehead atoms. The second kappa shape index (κ2) is 7.17. The topological polar surface area (TPSA) is 91.2 Å². The molecule has 3 aromatic heterocycles. The van der Waals surface area contributed by atoms with E-state index in [1.807, 2.05) is 46.7 Å². The molecule has 0 atom stereocenters. The Labute approximate surface area is 164 Å². The first-order chi connectivity index (χ1) is 13.8. The van der Waals surface area contributed by atoms with Gasteiger partial charge >= 0.3 is 0 Å². The Morgan fingerprint density at radius 1 is 1.14 bits per heavy atom. The number of amides is 1. The van der Waals surface area contributed by atoms with Gasteiger partial charge in [-0.2, -0.15) is 10.1 Å². The van der Waals surface area contributed by atoms with Crippen molar-refractivity contribution in [1.82, 2.24) is 30.1 Å². The number of benzene rings is 1. The van der Waals surface area contributed by atoms with Crippen molar-refractivity contribution in [3.05, 3.63) is 53.4 Å². The van der Waals surface area contributed by atoms with Crippen molar-refractivity contribution in [2.75, 3.05) is 26.2 Å². The summed E-state index contributed by atoms with van der Waals surface area (Å²) < 4.78 is 5.38. The molecule has 4 aromatic rings. The Balaban J connectivity index is 1.21. The molecule has 1 saturated heterocycles. The average molecular weight is 394 g/mol. The van der Waals surface area contributed by atoms with E-state index < -0.39 is 0 Å². The number of nitrogens with one attached hydrogen (secondary N) is 1. The molecule has 4 heterocycles. The Hall–Kier alpha value is -3.04. The van der Waals surface area contributed by atoms with Crippen LogP contribution in [-0.4, -0.2) is 62.2 Å². The number of aromatic nitrogens is 4. The van der Waals surface area contributed by atoms with Crippen LogP contribution in [0.1, 0.15) is 16.4 Å². The van der Waals surface area contributed by atoms with Crippen LogP contribution in [0.2, 0.25) is 0 Å². The zero-order chi connectivity index (χ0) is 18.9. The van der Waals surface area contributed by atoms with E-state index in [9.17, 15) is 4.79 Å². The van der Waals surface area contributed by atoms with Crippen LogP contribution in [0.15, 0.2) is 46.3 Å². The molecular formula is C19H18N6O2S. The van der Waals surface area contributed by atoms with Gasteiger partial charge in [-0.1, -0.05) is 29.4 Å². The fraction of sp³-hybridized carbons (Fsp3) is 0.263. The van der Waals surface area contributed by atoms with Gasteiger partial charge in [0.25, 0.3) is 5.91 Å². The molecule has 1 amide bonds. The van der Waals surface area contributed by atoms with Crippen LogP contribution in [0.4, 0.5) is 0 Å². The minimum atomic E-state index is -0.0325. The summed E-state index contributed by atoms with van der Waals surface area (Å²) in [7, 11) is 0. The summed E-state index contributed by atoms with van der Waals surface area (Å²) >= 11 is 1.59. The van der Waals surface area contributed by atoms with Crippen molar-refractivity contribution in [2.24, 2.45) is 0 Å². The van der Waals surface area contributed by atoms with Crippen molar-refractivity contribution in [1.29, 1.82) is 0 Å². The van der Waals surface area contributed by atoms with Crippen LogP contribution in [0.25, 0.3) is 21.6 Å². The van der Waals surface area contributed by atoms with Crippen LogP contribution in [0, 0.1) is 0 Å². The number of piperazine rings is 1. The number of fused-ring (bicyclic) bond motifs is 1. The van der Waals surface area contributed by atoms with Gasteiger partial charge in [0.1, 0.15) is 0 Å². The van der Waals surface area contributed by atoms with Crippen LogP contribution in [-0.2, 0) is 6.54 Å². The number of H-pyrrole nitrogens is 1.